The summed E-state index contributed by atoms with van der Waals surface area (Å²) in [7, 11) is 1.70. The maximum Gasteiger partial charge on any atom is 0.303 e. The minimum absolute atomic E-state index is 0.00355. The van der Waals surface area contributed by atoms with E-state index in [0.29, 0.717) is 24.2 Å². The van der Waals surface area contributed by atoms with Crippen molar-refractivity contribution in [1.82, 2.24) is 0 Å². The Bertz CT molecular complexity index is 1140. The second-order valence-corrected chi connectivity index (χ2v) is 9.43. The first-order valence-electron chi connectivity index (χ1n) is 12.9. The van der Waals surface area contributed by atoms with E-state index in [1.807, 2.05) is 12.1 Å². The molecule has 2 aromatic rings. The molecule has 1 aliphatic rings. The maximum atomic E-state index is 13.0. The molecule has 0 heterocycles. The van der Waals surface area contributed by atoms with Gasteiger partial charge in [-0.1, -0.05) is 50.3 Å². The van der Waals surface area contributed by atoms with Gasteiger partial charge in [0.1, 0.15) is 11.5 Å². The Morgan fingerprint density at radius 1 is 0.811 bits per heavy atom. The summed E-state index contributed by atoms with van der Waals surface area (Å²) in [6, 6.07) is 10.1. The number of hydrogen-bond acceptors (Lipinski definition) is 7. The van der Waals surface area contributed by atoms with E-state index in [-0.39, 0.29) is 34.6 Å². The largest absolute Gasteiger partial charge is 0.872 e. The normalized spacial score (nSPS) is 13.1. The van der Waals surface area contributed by atoms with E-state index in [9.17, 15) is 25.2 Å². The molecule has 0 aliphatic heterocycles. The predicted octanol–water partition coefficient (Wildman–Crippen LogP) is 3.66. The molecule has 0 fully saturated rings. The first kappa shape index (κ1) is 27.8. The molecular weight excluding hydrogens is 472 g/mol. The van der Waals surface area contributed by atoms with Gasteiger partial charge in [-0.2, -0.15) is 0 Å². The third-order valence-electron chi connectivity index (χ3n) is 6.65. The Balaban J connectivity index is 1.80. The molecule has 8 heteroatoms. The fraction of sp³-hybridized carbons (Fsp3) is 0.414. The molecule has 8 nitrogen and oxygen atoms in total. The molecule has 0 saturated heterocycles. The van der Waals surface area contributed by atoms with Crippen molar-refractivity contribution in [2.75, 3.05) is 36.5 Å². The number of phenols is 2. The maximum absolute atomic E-state index is 13.0. The van der Waals surface area contributed by atoms with Crippen molar-refractivity contribution in [2.24, 2.45) is 0 Å². The van der Waals surface area contributed by atoms with Crippen LogP contribution in [0.15, 0.2) is 47.9 Å². The number of nitrogens with zero attached hydrogens (tertiary/aromatic N) is 2. The number of aliphatic carboxylic acids is 1. The van der Waals surface area contributed by atoms with Crippen LogP contribution in [0.25, 0.3) is 11.1 Å². The lowest BCUT2D eigenvalue weighted by Crippen LogP contribution is -2.27. The number of aromatic hydroxyl groups is 2. The molecule has 1 aliphatic carbocycles. The van der Waals surface area contributed by atoms with Crippen LogP contribution < -0.4 is 20.0 Å². The molecule has 0 bridgehead atoms. The van der Waals surface area contributed by atoms with Gasteiger partial charge >= 0.3 is 5.97 Å². The number of anilines is 2. The van der Waals surface area contributed by atoms with Crippen molar-refractivity contribution in [1.29, 1.82) is 0 Å². The summed E-state index contributed by atoms with van der Waals surface area (Å²) in [5.74, 6) is -2.69. The molecule has 3 N–H and O–H groups in total. The minimum Gasteiger partial charge on any atom is -0.872 e. The van der Waals surface area contributed by atoms with Gasteiger partial charge in [0.25, 0.3) is 0 Å². The molecule has 37 heavy (non-hydrogen) atoms. The number of phenolic OH excluding ortho intramolecular Hbond substituents is 2. The van der Waals surface area contributed by atoms with Gasteiger partial charge in [-0.25, -0.2) is 0 Å². The second-order valence-electron chi connectivity index (χ2n) is 9.43. The zero-order chi connectivity index (χ0) is 27.1. The molecule has 3 rings (SSSR count). The van der Waals surface area contributed by atoms with Crippen LogP contribution in [0.4, 0.5) is 11.4 Å². The highest BCUT2D eigenvalue weighted by Crippen LogP contribution is 2.48. The Labute approximate surface area is 218 Å². The summed E-state index contributed by atoms with van der Waals surface area (Å²) in [6.07, 6.45) is 4.75. The van der Waals surface area contributed by atoms with E-state index in [1.54, 1.807) is 24.1 Å². The quantitative estimate of drug-likeness (QED) is 0.352. The lowest BCUT2D eigenvalue weighted by molar-refractivity contribution is -0.316. The van der Waals surface area contributed by atoms with Crippen LogP contribution in [0.3, 0.4) is 0 Å². The molecule has 0 amide bonds. The van der Waals surface area contributed by atoms with Crippen LogP contribution in [0, 0.1) is 0 Å². The molecule has 0 saturated carbocycles. The van der Waals surface area contributed by atoms with Gasteiger partial charge in [0.2, 0.25) is 0 Å². The first-order valence-corrected chi connectivity index (χ1v) is 12.9. The first-order chi connectivity index (χ1) is 17.7. The van der Waals surface area contributed by atoms with Gasteiger partial charge in [-0.3, -0.25) is 4.79 Å². The second kappa shape index (κ2) is 12.4. The molecule has 200 valence electrons. The smallest absolute Gasteiger partial charge is 0.303 e. The van der Waals surface area contributed by atoms with Gasteiger partial charge in [0.15, 0.2) is 0 Å². The van der Waals surface area contributed by atoms with Crippen molar-refractivity contribution < 1.29 is 30.3 Å². The van der Waals surface area contributed by atoms with Crippen LogP contribution in [0.1, 0.15) is 63.5 Å². The number of hydrogen-bond donors (Lipinski definition) is 3. The molecule has 2 aromatic carbocycles. The van der Waals surface area contributed by atoms with Crippen molar-refractivity contribution in [3.05, 3.63) is 59.0 Å². The number of benzene rings is 2. The average molecular weight is 509 g/mol. The molecular formula is C29H36N2O6-2. The zero-order valence-electron chi connectivity index (χ0n) is 21.8. The van der Waals surface area contributed by atoms with Crippen LogP contribution in [-0.4, -0.2) is 48.0 Å². The van der Waals surface area contributed by atoms with Gasteiger partial charge in [0.05, 0.1) is 5.56 Å². The Kier molecular flexibility index (Phi) is 9.33. The summed E-state index contributed by atoms with van der Waals surface area (Å²) in [6.45, 7) is 6.60. The zero-order valence-corrected chi connectivity index (χ0v) is 21.8. The van der Waals surface area contributed by atoms with Crippen LogP contribution in [-0.2, 0) is 4.79 Å². The highest BCUT2D eigenvalue weighted by Gasteiger charge is 2.25. The van der Waals surface area contributed by atoms with Crippen LogP contribution in [0.2, 0.25) is 0 Å². The van der Waals surface area contributed by atoms with Crippen LogP contribution >= 0.6 is 0 Å². The fourth-order valence-electron chi connectivity index (χ4n) is 4.46. The SMILES string of the molecule is CCCCN(CCCC)c1ccc(C2=C([O-])C(c3c(O)cc(N(C)CCCC(=O)O)cc3O)=C2[O-])cc1. The highest BCUT2D eigenvalue weighted by atomic mass is 16.4. The van der Waals surface area contributed by atoms with E-state index in [0.717, 1.165) is 44.5 Å². The molecule has 0 spiro atoms. The number of unbranched alkanes of at least 4 members (excludes halogenated alkanes) is 2. The Morgan fingerprint density at radius 3 is 1.84 bits per heavy atom. The van der Waals surface area contributed by atoms with Crippen molar-refractivity contribution in [2.45, 2.75) is 52.4 Å². The van der Waals surface area contributed by atoms with Crippen LogP contribution in [0.5, 0.6) is 11.5 Å². The predicted molar refractivity (Wildman–Crippen MR) is 142 cm³/mol. The van der Waals surface area contributed by atoms with E-state index in [1.165, 1.54) is 12.1 Å². The van der Waals surface area contributed by atoms with E-state index < -0.39 is 17.5 Å². The lowest BCUT2D eigenvalue weighted by atomic mass is 9.83. The van der Waals surface area contributed by atoms with E-state index in [4.69, 9.17) is 5.11 Å². The summed E-state index contributed by atoms with van der Waals surface area (Å²) in [5.41, 5.74) is 1.64. The number of carboxylic acid groups (broad SMARTS) is 1. The third-order valence-corrected chi connectivity index (χ3v) is 6.65. The van der Waals surface area contributed by atoms with E-state index >= 15 is 0 Å². The number of rotatable bonds is 14. The number of carbonyl (C=O) groups is 1. The monoisotopic (exact) mass is 508 g/mol. The number of allylic oxidation sites excluding steroid dienone is 2. The summed E-state index contributed by atoms with van der Waals surface area (Å²) >= 11 is 0. The molecule has 0 radical (unpaired) electrons. The summed E-state index contributed by atoms with van der Waals surface area (Å²) in [5, 5.41) is 56.0. The topological polar surface area (TPSA) is 130 Å². The fourth-order valence-corrected chi connectivity index (χ4v) is 4.46. The third kappa shape index (κ3) is 6.31. The van der Waals surface area contributed by atoms with Gasteiger partial charge in [0, 0.05) is 56.6 Å². The molecule has 0 atom stereocenters. The van der Waals surface area contributed by atoms with E-state index in [2.05, 4.69) is 18.7 Å². The highest BCUT2D eigenvalue weighted by molar-refractivity contribution is 6.07. The van der Waals surface area contributed by atoms with Gasteiger partial charge in [-0.15, -0.1) is 0 Å². The number of carboxylic acids is 1. The molecule has 0 aromatic heterocycles. The lowest BCUT2D eigenvalue weighted by Gasteiger charge is -2.40. The summed E-state index contributed by atoms with van der Waals surface area (Å²) < 4.78 is 0. The standard InChI is InChI=1S/C29H38N2O6/c1-4-6-15-31(16-7-5-2)20-12-10-19(11-13-20)25-28(36)27(29(25)37)26-22(32)17-21(18-23(26)33)30(3)14-8-9-24(34)35/h10-13,17-18,32-33,36-37H,4-9,14-16H2,1-3H3,(H,34,35)/p-2. The Hall–Kier alpha value is -3.81. The van der Waals surface area contributed by atoms with Crippen molar-refractivity contribution in [3.63, 3.8) is 0 Å². The Morgan fingerprint density at radius 2 is 1.35 bits per heavy atom. The average Bonchev–Trinajstić information content (AvgIpc) is 2.86. The van der Waals surface area contributed by atoms with Gasteiger partial charge in [-0.05, 0) is 48.1 Å². The van der Waals surface area contributed by atoms with Crippen molar-refractivity contribution in [3.8, 4) is 11.5 Å². The van der Waals surface area contributed by atoms with Crippen molar-refractivity contribution >= 4 is 28.5 Å². The molecule has 0 unspecified atom stereocenters. The van der Waals surface area contributed by atoms with Gasteiger partial charge < -0.3 is 35.3 Å². The minimum atomic E-state index is -0.903. The summed E-state index contributed by atoms with van der Waals surface area (Å²) in [4.78, 5) is 14.7.